The van der Waals surface area contributed by atoms with Crippen LogP contribution in [0.15, 0.2) is 65.5 Å². The van der Waals surface area contributed by atoms with Gasteiger partial charge >= 0.3 is 0 Å². The predicted octanol–water partition coefficient (Wildman–Crippen LogP) is 4.28. The Balaban J connectivity index is 1.67. The zero-order valence-electron chi connectivity index (χ0n) is 15.1. The third-order valence-corrected chi connectivity index (χ3v) is 5.56. The van der Waals surface area contributed by atoms with Gasteiger partial charge < -0.3 is 10.1 Å². The minimum atomic E-state index is -0.0414. The molecule has 0 unspecified atom stereocenters. The molecular formula is C21H19N3O2S. The lowest BCUT2D eigenvalue weighted by Crippen LogP contribution is -2.21. The van der Waals surface area contributed by atoms with E-state index in [9.17, 15) is 4.79 Å². The van der Waals surface area contributed by atoms with Gasteiger partial charge in [-0.1, -0.05) is 42.5 Å². The van der Waals surface area contributed by atoms with Crippen molar-refractivity contribution in [1.82, 2.24) is 9.55 Å². The number of rotatable bonds is 5. The van der Waals surface area contributed by atoms with E-state index in [1.54, 1.807) is 18.7 Å². The average molecular weight is 377 g/mol. The van der Waals surface area contributed by atoms with Gasteiger partial charge in [0.15, 0.2) is 0 Å². The topological polar surface area (TPSA) is 56.1 Å². The van der Waals surface area contributed by atoms with Crippen molar-refractivity contribution in [3.8, 4) is 16.2 Å². The molecule has 0 saturated heterocycles. The highest BCUT2D eigenvalue weighted by Crippen LogP contribution is 2.31. The van der Waals surface area contributed by atoms with Gasteiger partial charge in [-0.05, 0) is 29.3 Å². The molecule has 0 fully saturated rings. The highest BCUT2D eigenvalue weighted by Gasteiger charge is 2.13. The molecule has 6 heteroatoms. The molecule has 0 radical (unpaired) electrons. The first-order valence-electron chi connectivity index (χ1n) is 8.58. The number of ether oxygens (including phenoxy) is 1. The van der Waals surface area contributed by atoms with E-state index in [1.807, 2.05) is 60.7 Å². The maximum absolute atomic E-state index is 12.8. The van der Waals surface area contributed by atoms with Gasteiger partial charge in [0.2, 0.25) is 5.95 Å². The van der Waals surface area contributed by atoms with Gasteiger partial charge in [-0.25, -0.2) is 4.98 Å². The number of fused-ring (bicyclic) bond motifs is 1. The van der Waals surface area contributed by atoms with Crippen LogP contribution < -0.4 is 15.6 Å². The molecule has 4 rings (SSSR count). The summed E-state index contributed by atoms with van der Waals surface area (Å²) in [6.07, 6.45) is 0. The highest BCUT2D eigenvalue weighted by molar-refractivity contribution is 7.22. The Hall–Kier alpha value is -3.12. The second kappa shape index (κ2) is 7.25. The van der Waals surface area contributed by atoms with Crippen LogP contribution in [0.5, 0.6) is 5.75 Å². The van der Waals surface area contributed by atoms with Crippen molar-refractivity contribution >= 4 is 27.5 Å². The van der Waals surface area contributed by atoms with Crippen molar-refractivity contribution < 1.29 is 4.74 Å². The van der Waals surface area contributed by atoms with Gasteiger partial charge in [0, 0.05) is 18.5 Å². The molecule has 2 aromatic carbocycles. The minimum absolute atomic E-state index is 0.0414. The number of nitrogens with one attached hydrogen (secondary N) is 1. The van der Waals surface area contributed by atoms with Crippen LogP contribution in [0.25, 0.3) is 20.7 Å². The van der Waals surface area contributed by atoms with Crippen LogP contribution in [0.3, 0.4) is 0 Å². The lowest BCUT2D eigenvalue weighted by atomic mass is 10.2. The third kappa shape index (κ3) is 3.44. The van der Waals surface area contributed by atoms with Gasteiger partial charge in [0.1, 0.15) is 10.4 Å². The Morgan fingerprint density at radius 2 is 1.93 bits per heavy atom. The monoisotopic (exact) mass is 377 g/mol. The highest BCUT2D eigenvalue weighted by atomic mass is 32.1. The Labute approximate surface area is 160 Å². The normalized spacial score (nSPS) is 10.9. The van der Waals surface area contributed by atoms with Gasteiger partial charge in [-0.15, -0.1) is 11.3 Å². The summed E-state index contributed by atoms with van der Waals surface area (Å²) in [6.45, 7) is 0.554. The summed E-state index contributed by atoms with van der Waals surface area (Å²) in [5.74, 6) is 1.35. The van der Waals surface area contributed by atoms with Crippen molar-refractivity contribution in [2.45, 2.75) is 6.54 Å². The van der Waals surface area contributed by atoms with Crippen molar-refractivity contribution in [2.75, 3.05) is 12.4 Å². The zero-order valence-corrected chi connectivity index (χ0v) is 15.9. The minimum Gasteiger partial charge on any atom is -0.497 e. The lowest BCUT2D eigenvalue weighted by molar-refractivity contribution is 0.414. The Kier molecular flexibility index (Phi) is 4.64. The summed E-state index contributed by atoms with van der Waals surface area (Å²) in [4.78, 5) is 18.5. The molecule has 0 saturated carbocycles. The number of aromatic nitrogens is 2. The number of methoxy groups -OCH3 is 1. The summed E-state index contributed by atoms with van der Waals surface area (Å²) in [6, 6.07) is 19.8. The number of benzene rings is 2. The second-order valence-corrected chi connectivity index (χ2v) is 7.25. The molecule has 0 aliphatic heterocycles. The van der Waals surface area contributed by atoms with E-state index >= 15 is 0 Å². The number of anilines is 1. The summed E-state index contributed by atoms with van der Waals surface area (Å²) in [5.41, 5.74) is 2.82. The smallest absolute Gasteiger partial charge is 0.272 e. The van der Waals surface area contributed by atoms with E-state index < -0.39 is 0 Å². The fraction of sp³-hybridized carbons (Fsp3) is 0.143. The first-order chi connectivity index (χ1) is 13.2. The van der Waals surface area contributed by atoms with Crippen LogP contribution >= 0.6 is 11.3 Å². The third-order valence-electron chi connectivity index (χ3n) is 4.40. The zero-order chi connectivity index (χ0) is 18.8. The predicted molar refractivity (Wildman–Crippen MR) is 111 cm³/mol. The maximum atomic E-state index is 12.8. The molecule has 1 N–H and O–H groups in total. The number of thiophene rings is 1. The Morgan fingerprint density at radius 1 is 1.11 bits per heavy atom. The van der Waals surface area contributed by atoms with Crippen LogP contribution in [0, 0.1) is 0 Å². The summed E-state index contributed by atoms with van der Waals surface area (Å²) in [5, 5.41) is 3.26. The molecular weight excluding hydrogens is 358 g/mol. The van der Waals surface area contributed by atoms with Gasteiger partial charge in [0.25, 0.3) is 5.56 Å². The molecule has 136 valence electrons. The standard InChI is InChI=1S/C21H19N3O2S/c1-24-20(25)19-17(12-18(27-19)15-8-4-3-5-9-15)23-21(24)22-13-14-7-6-10-16(11-14)26-2/h3-12H,13H2,1-2H3,(H,22,23). The second-order valence-electron chi connectivity index (χ2n) is 6.20. The van der Waals surface area contributed by atoms with E-state index in [1.165, 1.54) is 11.3 Å². The van der Waals surface area contributed by atoms with Crippen LogP contribution in [0.2, 0.25) is 0 Å². The molecule has 0 aliphatic rings. The molecule has 5 nitrogen and oxygen atoms in total. The number of hydrogen-bond acceptors (Lipinski definition) is 5. The molecule has 0 amide bonds. The first kappa shape index (κ1) is 17.3. The van der Waals surface area contributed by atoms with Crippen molar-refractivity contribution in [3.05, 3.63) is 76.6 Å². The van der Waals surface area contributed by atoms with Crippen molar-refractivity contribution in [2.24, 2.45) is 7.05 Å². The van der Waals surface area contributed by atoms with E-state index in [-0.39, 0.29) is 5.56 Å². The van der Waals surface area contributed by atoms with Crippen LogP contribution in [-0.2, 0) is 13.6 Å². The van der Waals surface area contributed by atoms with E-state index in [0.717, 1.165) is 27.3 Å². The summed E-state index contributed by atoms with van der Waals surface area (Å²) >= 11 is 1.48. The summed E-state index contributed by atoms with van der Waals surface area (Å²) in [7, 11) is 3.39. The van der Waals surface area contributed by atoms with Crippen LogP contribution in [0.1, 0.15) is 5.56 Å². The molecule has 27 heavy (non-hydrogen) atoms. The van der Waals surface area contributed by atoms with Crippen molar-refractivity contribution in [1.29, 1.82) is 0 Å². The quantitative estimate of drug-likeness (QED) is 0.564. The van der Waals surface area contributed by atoms with Crippen molar-refractivity contribution in [3.63, 3.8) is 0 Å². The van der Waals surface area contributed by atoms with E-state index in [2.05, 4.69) is 10.3 Å². The number of nitrogens with zero attached hydrogens (tertiary/aromatic N) is 2. The van der Waals surface area contributed by atoms with E-state index in [0.29, 0.717) is 17.2 Å². The molecule has 0 aliphatic carbocycles. The maximum Gasteiger partial charge on any atom is 0.272 e. The molecule has 0 spiro atoms. The van der Waals surface area contributed by atoms with E-state index in [4.69, 9.17) is 4.74 Å². The summed E-state index contributed by atoms with van der Waals surface area (Å²) < 4.78 is 7.49. The fourth-order valence-corrected chi connectivity index (χ4v) is 4.00. The molecule has 2 heterocycles. The van der Waals surface area contributed by atoms with Crippen LogP contribution in [0.4, 0.5) is 5.95 Å². The average Bonchev–Trinajstić information content (AvgIpc) is 3.15. The SMILES string of the molecule is COc1cccc(CNc2nc3cc(-c4ccccc4)sc3c(=O)n2C)c1. The molecule has 0 atom stereocenters. The Bertz CT molecular complexity index is 1150. The Morgan fingerprint density at radius 3 is 2.70 bits per heavy atom. The largest absolute Gasteiger partial charge is 0.497 e. The fourth-order valence-electron chi connectivity index (χ4n) is 2.92. The molecule has 2 aromatic heterocycles. The first-order valence-corrected chi connectivity index (χ1v) is 9.40. The molecule has 4 aromatic rings. The number of hydrogen-bond donors (Lipinski definition) is 1. The van der Waals surface area contributed by atoms with Gasteiger partial charge in [0.05, 0.1) is 12.6 Å². The lowest BCUT2D eigenvalue weighted by Gasteiger charge is -2.10. The van der Waals surface area contributed by atoms with Gasteiger partial charge in [-0.2, -0.15) is 0 Å². The van der Waals surface area contributed by atoms with Crippen LogP contribution in [-0.4, -0.2) is 16.7 Å². The van der Waals surface area contributed by atoms with Gasteiger partial charge in [-0.3, -0.25) is 9.36 Å². The molecule has 0 bridgehead atoms.